The van der Waals surface area contributed by atoms with E-state index in [-0.39, 0.29) is 0 Å². The van der Waals surface area contributed by atoms with E-state index in [9.17, 15) is 0 Å². The summed E-state index contributed by atoms with van der Waals surface area (Å²) in [6, 6.07) is 1.93. The zero-order chi connectivity index (χ0) is 11.9. The van der Waals surface area contributed by atoms with Gasteiger partial charge >= 0.3 is 0 Å². The van der Waals surface area contributed by atoms with Gasteiger partial charge in [0.2, 0.25) is 0 Å². The SMILES string of the molecule is Cc1nccc(NCCN2CCCCCC2)n1. The van der Waals surface area contributed by atoms with Crippen LogP contribution in [0.4, 0.5) is 5.82 Å². The molecule has 0 bridgehead atoms. The van der Waals surface area contributed by atoms with Crippen LogP contribution in [0, 0.1) is 6.92 Å². The van der Waals surface area contributed by atoms with Crippen molar-refractivity contribution in [2.24, 2.45) is 0 Å². The van der Waals surface area contributed by atoms with Gasteiger partial charge in [0.1, 0.15) is 11.6 Å². The topological polar surface area (TPSA) is 41.1 Å². The van der Waals surface area contributed by atoms with Crippen LogP contribution in [-0.4, -0.2) is 41.0 Å². The Labute approximate surface area is 103 Å². The molecule has 1 aliphatic heterocycles. The van der Waals surface area contributed by atoms with Crippen molar-refractivity contribution in [3.8, 4) is 0 Å². The highest BCUT2D eigenvalue weighted by molar-refractivity contribution is 5.32. The maximum absolute atomic E-state index is 4.33. The average Bonchev–Trinajstić information content (AvgIpc) is 2.58. The molecule has 94 valence electrons. The largest absolute Gasteiger partial charge is 0.369 e. The molecule has 1 fully saturated rings. The number of hydrogen-bond donors (Lipinski definition) is 1. The Bertz CT molecular complexity index is 332. The van der Waals surface area contributed by atoms with E-state index in [1.165, 1.54) is 38.8 Å². The van der Waals surface area contributed by atoms with E-state index in [2.05, 4.69) is 20.2 Å². The second-order valence-corrected chi connectivity index (χ2v) is 4.67. The fraction of sp³-hybridized carbons (Fsp3) is 0.692. The van der Waals surface area contributed by atoms with Crippen molar-refractivity contribution in [2.75, 3.05) is 31.5 Å². The van der Waals surface area contributed by atoms with Gasteiger partial charge in [-0.15, -0.1) is 0 Å². The van der Waals surface area contributed by atoms with Crippen LogP contribution in [0.2, 0.25) is 0 Å². The molecule has 0 aromatic carbocycles. The minimum atomic E-state index is 0.824. The van der Waals surface area contributed by atoms with E-state index in [1.807, 2.05) is 13.0 Å². The summed E-state index contributed by atoms with van der Waals surface area (Å²) in [5.74, 6) is 1.76. The molecule has 0 unspecified atom stereocenters. The molecule has 0 saturated carbocycles. The normalized spacial score (nSPS) is 17.7. The van der Waals surface area contributed by atoms with Crippen molar-refractivity contribution >= 4 is 5.82 Å². The summed E-state index contributed by atoms with van der Waals surface area (Å²) in [6.07, 6.45) is 7.31. The van der Waals surface area contributed by atoms with Crippen molar-refractivity contribution in [3.05, 3.63) is 18.1 Å². The number of hydrogen-bond acceptors (Lipinski definition) is 4. The summed E-state index contributed by atoms with van der Waals surface area (Å²) in [7, 11) is 0. The van der Waals surface area contributed by atoms with Crippen LogP contribution >= 0.6 is 0 Å². The van der Waals surface area contributed by atoms with Gasteiger partial charge in [-0.1, -0.05) is 12.8 Å². The van der Waals surface area contributed by atoms with Gasteiger partial charge in [0.25, 0.3) is 0 Å². The van der Waals surface area contributed by atoms with E-state index in [4.69, 9.17) is 0 Å². The first-order chi connectivity index (χ1) is 8.34. The van der Waals surface area contributed by atoms with Crippen molar-refractivity contribution in [2.45, 2.75) is 32.6 Å². The summed E-state index contributed by atoms with van der Waals surface area (Å²) in [5, 5.41) is 3.36. The summed E-state index contributed by atoms with van der Waals surface area (Å²) in [5.41, 5.74) is 0. The highest BCUT2D eigenvalue weighted by Crippen LogP contribution is 2.09. The van der Waals surface area contributed by atoms with E-state index in [0.717, 1.165) is 24.7 Å². The first-order valence-corrected chi connectivity index (χ1v) is 6.60. The Kier molecular flexibility index (Phi) is 4.74. The second kappa shape index (κ2) is 6.55. The predicted molar refractivity (Wildman–Crippen MR) is 70.2 cm³/mol. The number of likely N-dealkylation sites (tertiary alicyclic amines) is 1. The van der Waals surface area contributed by atoms with Gasteiger partial charge in [0.15, 0.2) is 0 Å². The lowest BCUT2D eigenvalue weighted by Gasteiger charge is -2.19. The van der Waals surface area contributed by atoms with E-state index in [0.29, 0.717) is 0 Å². The zero-order valence-electron chi connectivity index (χ0n) is 10.7. The molecule has 1 aliphatic rings. The molecule has 4 heteroatoms. The third-order valence-corrected chi connectivity index (χ3v) is 3.21. The lowest BCUT2D eigenvalue weighted by Crippen LogP contribution is -2.30. The van der Waals surface area contributed by atoms with Gasteiger partial charge in [0, 0.05) is 19.3 Å². The molecule has 0 spiro atoms. The lowest BCUT2D eigenvalue weighted by atomic mass is 10.2. The maximum Gasteiger partial charge on any atom is 0.129 e. The lowest BCUT2D eigenvalue weighted by molar-refractivity contribution is 0.296. The Hall–Kier alpha value is -1.16. The molecule has 2 rings (SSSR count). The molecule has 0 aliphatic carbocycles. The van der Waals surface area contributed by atoms with Gasteiger partial charge < -0.3 is 10.2 Å². The summed E-state index contributed by atoms with van der Waals surface area (Å²) in [6.45, 7) is 6.51. The number of rotatable bonds is 4. The molecule has 1 N–H and O–H groups in total. The predicted octanol–water partition coefficient (Wildman–Crippen LogP) is 2.07. The third kappa shape index (κ3) is 4.30. The molecule has 2 heterocycles. The molecule has 0 atom stereocenters. The fourth-order valence-corrected chi connectivity index (χ4v) is 2.26. The molecule has 0 radical (unpaired) electrons. The fourth-order valence-electron chi connectivity index (χ4n) is 2.26. The summed E-state index contributed by atoms with van der Waals surface area (Å²) in [4.78, 5) is 11.0. The van der Waals surface area contributed by atoms with Crippen LogP contribution in [0.3, 0.4) is 0 Å². The Morgan fingerprint density at radius 1 is 1.24 bits per heavy atom. The standard InChI is InChI=1S/C13H22N4/c1-12-14-7-6-13(16-12)15-8-11-17-9-4-2-3-5-10-17/h6-7H,2-5,8-11H2,1H3,(H,14,15,16). The Morgan fingerprint density at radius 3 is 2.71 bits per heavy atom. The minimum Gasteiger partial charge on any atom is -0.369 e. The monoisotopic (exact) mass is 234 g/mol. The molecule has 1 aromatic heterocycles. The number of aryl methyl sites for hydroxylation is 1. The number of aromatic nitrogens is 2. The van der Waals surface area contributed by atoms with Crippen molar-refractivity contribution in [1.82, 2.24) is 14.9 Å². The van der Waals surface area contributed by atoms with Crippen LogP contribution in [0.1, 0.15) is 31.5 Å². The number of anilines is 1. The van der Waals surface area contributed by atoms with Crippen molar-refractivity contribution in [3.63, 3.8) is 0 Å². The molecule has 17 heavy (non-hydrogen) atoms. The van der Waals surface area contributed by atoms with Gasteiger partial charge in [-0.05, 0) is 38.9 Å². The first-order valence-electron chi connectivity index (χ1n) is 6.60. The van der Waals surface area contributed by atoms with Crippen LogP contribution in [0.15, 0.2) is 12.3 Å². The molecule has 4 nitrogen and oxygen atoms in total. The quantitative estimate of drug-likeness (QED) is 0.866. The zero-order valence-corrected chi connectivity index (χ0v) is 10.7. The summed E-state index contributed by atoms with van der Waals surface area (Å²) < 4.78 is 0. The smallest absolute Gasteiger partial charge is 0.129 e. The van der Waals surface area contributed by atoms with Crippen molar-refractivity contribution in [1.29, 1.82) is 0 Å². The van der Waals surface area contributed by atoms with Gasteiger partial charge in [-0.25, -0.2) is 9.97 Å². The van der Waals surface area contributed by atoms with Gasteiger partial charge in [-0.2, -0.15) is 0 Å². The number of nitrogens with one attached hydrogen (secondary N) is 1. The minimum absolute atomic E-state index is 0.824. The Morgan fingerprint density at radius 2 is 2.00 bits per heavy atom. The van der Waals surface area contributed by atoms with E-state index < -0.39 is 0 Å². The third-order valence-electron chi connectivity index (χ3n) is 3.21. The van der Waals surface area contributed by atoms with E-state index in [1.54, 1.807) is 6.20 Å². The second-order valence-electron chi connectivity index (χ2n) is 4.67. The molecule has 0 amide bonds. The average molecular weight is 234 g/mol. The maximum atomic E-state index is 4.33. The van der Waals surface area contributed by atoms with Crippen LogP contribution in [0.25, 0.3) is 0 Å². The molecular formula is C13H22N4. The molecular weight excluding hydrogens is 212 g/mol. The van der Waals surface area contributed by atoms with Crippen LogP contribution < -0.4 is 5.32 Å². The number of nitrogens with zero attached hydrogens (tertiary/aromatic N) is 3. The highest BCUT2D eigenvalue weighted by atomic mass is 15.1. The highest BCUT2D eigenvalue weighted by Gasteiger charge is 2.07. The summed E-state index contributed by atoms with van der Waals surface area (Å²) >= 11 is 0. The Balaban J connectivity index is 1.71. The van der Waals surface area contributed by atoms with Crippen LogP contribution in [0.5, 0.6) is 0 Å². The molecule has 1 aromatic rings. The van der Waals surface area contributed by atoms with Gasteiger partial charge in [0.05, 0.1) is 0 Å². The molecule has 1 saturated heterocycles. The van der Waals surface area contributed by atoms with Crippen LogP contribution in [-0.2, 0) is 0 Å². The van der Waals surface area contributed by atoms with Gasteiger partial charge in [-0.3, -0.25) is 0 Å². The van der Waals surface area contributed by atoms with Crippen molar-refractivity contribution < 1.29 is 0 Å². The first kappa shape index (κ1) is 12.3. The van der Waals surface area contributed by atoms with E-state index >= 15 is 0 Å².